The molecule has 2 aliphatic rings. The summed E-state index contributed by atoms with van der Waals surface area (Å²) in [4.78, 5) is 11.3. The average molecular weight is 351 g/mol. The van der Waals surface area contributed by atoms with E-state index in [2.05, 4.69) is 33.8 Å². The minimum atomic E-state index is -0.184. The summed E-state index contributed by atoms with van der Waals surface area (Å²) in [5.74, 6) is 1.78. The van der Waals surface area contributed by atoms with Crippen LogP contribution in [0, 0.1) is 28.6 Å². The fraction of sp³-hybridized carbons (Fsp3) is 0.864. The van der Waals surface area contributed by atoms with E-state index in [0.717, 1.165) is 18.8 Å². The van der Waals surface area contributed by atoms with E-state index in [9.17, 15) is 9.90 Å². The third-order valence-corrected chi connectivity index (χ3v) is 7.60. The first-order valence-electron chi connectivity index (χ1n) is 10.2. The molecule has 3 heteroatoms. The van der Waals surface area contributed by atoms with Gasteiger partial charge < -0.3 is 9.84 Å². The molecule has 0 radical (unpaired) electrons. The molecule has 2 aliphatic carbocycles. The lowest BCUT2D eigenvalue weighted by atomic mass is 9.46. The Kier molecular flexibility index (Phi) is 6.75. The van der Waals surface area contributed by atoms with Gasteiger partial charge in [-0.1, -0.05) is 40.2 Å². The van der Waals surface area contributed by atoms with Crippen LogP contribution in [0.4, 0.5) is 0 Å². The summed E-state index contributed by atoms with van der Waals surface area (Å²) in [6.07, 6.45) is 10.5. The van der Waals surface area contributed by atoms with Crippen LogP contribution in [0.3, 0.4) is 0 Å². The van der Waals surface area contributed by atoms with Crippen LogP contribution in [-0.2, 0) is 9.53 Å². The molecule has 1 fully saturated rings. The van der Waals surface area contributed by atoms with E-state index in [0.29, 0.717) is 30.5 Å². The summed E-state index contributed by atoms with van der Waals surface area (Å²) < 4.78 is 5.39. The molecule has 1 N–H and O–H groups in total. The van der Waals surface area contributed by atoms with Crippen LogP contribution in [-0.4, -0.2) is 24.3 Å². The van der Waals surface area contributed by atoms with Crippen LogP contribution in [0.15, 0.2) is 11.6 Å². The molecule has 5 unspecified atom stereocenters. The van der Waals surface area contributed by atoms with Crippen LogP contribution in [0.2, 0.25) is 0 Å². The second-order valence-corrected chi connectivity index (χ2v) is 9.16. The molecule has 2 rings (SSSR count). The first-order chi connectivity index (χ1) is 11.7. The van der Waals surface area contributed by atoms with Gasteiger partial charge in [-0.25, -0.2) is 0 Å². The van der Waals surface area contributed by atoms with Crippen molar-refractivity contribution in [3.05, 3.63) is 11.6 Å². The maximum atomic E-state index is 11.3. The van der Waals surface area contributed by atoms with Crippen molar-refractivity contribution in [1.82, 2.24) is 0 Å². The van der Waals surface area contributed by atoms with Gasteiger partial charge in [0.15, 0.2) is 0 Å². The van der Waals surface area contributed by atoms with Crippen molar-refractivity contribution in [2.45, 2.75) is 79.6 Å². The average Bonchev–Trinajstić information content (AvgIpc) is 2.56. The Bertz CT molecular complexity index is 498. The predicted molar refractivity (Wildman–Crippen MR) is 102 cm³/mol. The van der Waals surface area contributed by atoms with Gasteiger partial charge in [0, 0.05) is 13.5 Å². The van der Waals surface area contributed by atoms with Gasteiger partial charge in [-0.2, -0.15) is 0 Å². The number of aliphatic hydroxyl groups excluding tert-OH is 1. The van der Waals surface area contributed by atoms with Crippen molar-refractivity contribution >= 4 is 5.97 Å². The van der Waals surface area contributed by atoms with Gasteiger partial charge in [-0.15, -0.1) is 0 Å². The van der Waals surface area contributed by atoms with Crippen molar-refractivity contribution in [2.24, 2.45) is 28.6 Å². The Morgan fingerprint density at radius 1 is 1.36 bits per heavy atom. The summed E-state index contributed by atoms with van der Waals surface area (Å²) >= 11 is 0. The summed E-state index contributed by atoms with van der Waals surface area (Å²) in [5, 5.41) is 9.21. The van der Waals surface area contributed by atoms with Crippen LogP contribution in [0.5, 0.6) is 0 Å². The Hall–Kier alpha value is -0.830. The number of hydrogen-bond donors (Lipinski definition) is 1. The van der Waals surface area contributed by atoms with Crippen molar-refractivity contribution in [3.8, 4) is 0 Å². The number of ether oxygens (including phenoxy) is 1. The summed E-state index contributed by atoms with van der Waals surface area (Å²) in [6.45, 7) is 11.9. The highest BCUT2D eigenvalue weighted by Crippen LogP contribution is 2.62. The number of carbonyl (C=O) groups excluding carboxylic acids is 1. The Morgan fingerprint density at radius 3 is 2.72 bits per heavy atom. The lowest BCUT2D eigenvalue weighted by Crippen LogP contribution is -2.50. The molecule has 0 spiro atoms. The van der Waals surface area contributed by atoms with Crippen LogP contribution in [0.25, 0.3) is 0 Å². The van der Waals surface area contributed by atoms with Crippen molar-refractivity contribution < 1.29 is 14.6 Å². The zero-order valence-electron chi connectivity index (χ0n) is 16.9. The van der Waals surface area contributed by atoms with Gasteiger partial charge >= 0.3 is 5.97 Å². The van der Waals surface area contributed by atoms with Crippen molar-refractivity contribution in [2.75, 3.05) is 13.2 Å². The van der Waals surface area contributed by atoms with Crippen LogP contribution in [0.1, 0.15) is 79.6 Å². The smallest absolute Gasteiger partial charge is 0.302 e. The predicted octanol–water partition coefficient (Wildman–Crippen LogP) is 5.13. The molecule has 144 valence electrons. The summed E-state index contributed by atoms with van der Waals surface area (Å²) in [6, 6.07) is 0. The standard InChI is InChI=1S/C22H38O3/c1-16(11-14-23)9-12-21(4)17(2)10-13-22(5)19(15-25-18(3)24)7-6-8-20(21)22/h7,16-17,20,23H,6,8-15H2,1-5H3. The molecule has 3 nitrogen and oxygen atoms in total. The molecular formula is C22H38O3. The Morgan fingerprint density at radius 2 is 2.08 bits per heavy atom. The molecule has 25 heavy (non-hydrogen) atoms. The number of hydrogen-bond acceptors (Lipinski definition) is 3. The third-order valence-electron chi connectivity index (χ3n) is 7.60. The minimum absolute atomic E-state index is 0.162. The van der Waals surface area contributed by atoms with Gasteiger partial charge in [-0.05, 0) is 72.7 Å². The zero-order valence-corrected chi connectivity index (χ0v) is 16.9. The number of allylic oxidation sites excluding steroid dienone is 1. The monoisotopic (exact) mass is 350 g/mol. The zero-order chi connectivity index (χ0) is 18.7. The molecule has 0 bridgehead atoms. The van der Waals surface area contributed by atoms with Gasteiger partial charge in [-0.3, -0.25) is 4.79 Å². The van der Waals surface area contributed by atoms with Gasteiger partial charge in [0.05, 0.1) is 0 Å². The normalized spacial score (nSPS) is 36.3. The van der Waals surface area contributed by atoms with Crippen molar-refractivity contribution in [1.29, 1.82) is 0 Å². The molecule has 0 amide bonds. The fourth-order valence-electron chi connectivity index (χ4n) is 5.53. The molecule has 0 heterocycles. The highest BCUT2D eigenvalue weighted by atomic mass is 16.5. The van der Waals surface area contributed by atoms with E-state index in [1.165, 1.54) is 44.6 Å². The van der Waals surface area contributed by atoms with E-state index in [1.807, 2.05) is 0 Å². The van der Waals surface area contributed by atoms with Gasteiger partial charge in [0.25, 0.3) is 0 Å². The first kappa shape index (κ1) is 20.5. The van der Waals surface area contributed by atoms with E-state index in [4.69, 9.17) is 4.74 Å². The number of rotatable bonds is 7. The molecule has 0 aromatic rings. The summed E-state index contributed by atoms with van der Waals surface area (Å²) in [5.41, 5.74) is 1.84. The molecule has 5 atom stereocenters. The molecule has 0 aliphatic heterocycles. The van der Waals surface area contributed by atoms with E-state index < -0.39 is 0 Å². The Labute approximate surface area is 154 Å². The molecule has 0 aromatic heterocycles. The quantitative estimate of drug-likeness (QED) is 0.511. The largest absolute Gasteiger partial charge is 0.461 e. The van der Waals surface area contributed by atoms with E-state index >= 15 is 0 Å². The minimum Gasteiger partial charge on any atom is -0.461 e. The lowest BCUT2D eigenvalue weighted by Gasteiger charge is -2.58. The van der Waals surface area contributed by atoms with Gasteiger partial charge in [0.1, 0.15) is 6.61 Å². The Balaban J connectivity index is 2.18. The third kappa shape index (κ3) is 4.30. The molecule has 0 aromatic carbocycles. The highest BCUT2D eigenvalue weighted by Gasteiger charge is 2.53. The van der Waals surface area contributed by atoms with E-state index in [-0.39, 0.29) is 11.4 Å². The van der Waals surface area contributed by atoms with E-state index in [1.54, 1.807) is 0 Å². The lowest BCUT2D eigenvalue weighted by molar-refractivity contribution is -0.141. The second-order valence-electron chi connectivity index (χ2n) is 9.16. The number of fused-ring (bicyclic) bond motifs is 1. The van der Waals surface area contributed by atoms with Crippen molar-refractivity contribution in [3.63, 3.8) is 0 Å². The SMILES string of the molecule is CC(=O)OCC1=CCCC2C1(C)CCC(C)C2(C)CCC(C)CCO. The van der Waals surface area contributed by atoms with Gasteiger partial charge in [0.2, 0.25) is 0 Å². The summed E-state index contributed by atoms with van der Waals surface area (Å²) in [7, 11) is 0. The molecule has 0 saturated heterocycles. The van der Waals surface area contributed by atoms with Crippen LogP contribution >= 0.6 is 0 Å². The highest BCUT2D eigenvalue weighted by molar-refractivity contribution is 5.66. The first-order valence-corrected chi connectivity index (χ1v) is 10.2. The number of esters is 1. The maximum Gasteiger partial charge on any atom is 0.302 e. The fourth-order valence-corrected chi connectivity index (χ4v) is 5.53. The topological polar surface area (TPSA) is 46.5 Å². The number of aliphatic hydroxyl groups is 1. The maximum absolute atomic E-state index is 11.3. The molecule has 1 saturated carbocycles. The van der Waals surface area contributed by atoms with Crippen LogP contribution < -0.4 is 0 Å². The second kappa shape index (κ2) is 8.24. The molecular weight excluding hydrogens is 312 g/mol. The number of carbonyl (C=O) groups is 1.